The van der Waals surface area contributed by atoms with Crippen molar-refractivity contribution in [2.24, 2.45) is 5.16 Å². The highest BCUT2D eigenvalue weighted by atomic mass is 32.1. The summed E-state index contributed by atoms with van der Waals surface area (Å²) >= 11 is 1.19. The number of hydrogen-bond acceptors (Lipinski definition) is 5. The summed E-state index contributed by atoms with van der Waals surface area (Å²) in [6.07, 6.45) is 0. The molecule has 84 valence electrons. The molecular weight excluding hydrogens is 241 g/mol. The van der Waals surface area contributed by atoms with Crippen LogP contribution in [0.1, 0.15) is 5.01 Å². The van der Waals surface area contributed by atoms with Gasteiger partial charge in [-0.05, 0) is 24.3 Å². The summed E-state index contributed by atoms with van der Waals surface area (Å²) in [5.41, 5.74) is 1.22. The molecule has 1 aromatic carbocycles. The first-order valence-corrected chi connectivity index (χ1v) is 5.46. The highest BCUT2D eigenvalue weighted by molar-refractivity contribution is 7.12. The highest BCUT2D eigenvalue weighted by Gasteiger charge is 2.10. The molecule has 1 aromatic heterocycles. The molecule has 1 N–H and O–H groups in total. The first kappa shape index (κ1) is 11.2. The topological polar surface area (TPSA) is 69.3 Å². The monoisotopic (exact) mass is 247 g/mol. The first-order valence-electron chi connectivity index (χ1n) is 4.58. The molecule has 0 radical (unpaired) electrons. The van der Waals surface area contributed by atoms with Crippen molar-refractivity contribution in [3.63, 3.8) is 0 Å². The standard InChI is InChI=1S/C11H6FN3OS/c12-8-3-1-7(2-4-8)10-6-17-11(14-10)9(5-13)15-16/h1-4,6,16H. The number of oxime groups is 1. The summed E-state index contributed by atoms with van der Waals surface area (Å²) < 4.78 is 12.7. The summed E-state index contributed by atoms with van der Waals surface area (Å²) in [6.45, 7) is 0. The van der Waals surface area contributed by atoms with E-state index in [0.717, 1.165) is 5.56 Å². The maximum absolute atomic E-state index is 12.7. The second-order valence-corrected chi connectivity index (χ2v) is 3.96. The van der Waals surface area contributed by atoms with Crippen LogP contribution in [-0.2, 0) is 0 Å². The Morgan fingerprint density at radius 1 is 1.41 bits per heavy atom. The number of thiazole rings is 1. The van der Waals surface area contributed by atoms with E-state index < -0.39 is 0 Å². The van der Waals surface area contributed by atoms with Crippen molar-refractivity contribution in [1.82, 2.24) is 4.98 Å². The molecule has 0 atom stereocenters. The lowest BCUT2D eigenvalue weighted by molar-refractivity contribution is 0.320. The molecule has 0 aliphatic heterocycles. The summed E-state index contributed by atoms with van der Waals surface area (Å²) in [5.74, 6) is -0.321. The minimum Gasteiger partial charge on any atom is -0.410 e. The van der Waals surface area contributed by atoms with Crippen LogP contribution in [0.2, 0.25) is 0 Å². The predicted octanol–water partition coefficient (Wildman–Crippen LogP) is 2.65. The Balaban J connectivity index is 2.37. The molecule has 0 saturated carbocycles. The van der Waals surface area contributed by atoms with Gasteiger partial charge >= 0.3 is 0 Å². The largest absolute Gasteiger partial charge is 0.410 e. The Bertz CT molecular complexity index is 598. The Kier molecular flexibility index (Phi) is 3.12. The molecule has 4 nitrogen and oxygen atoms in total. The van der Waals surface area contributed by atoms with Crippen molar-refractivity contribution in [1.29, 1.82) is 5.26 Å². The smallest absolute Gasteiger partial charge is 0.215 e. The van der Waals surface area contributed by atoms with Crippen LogP contribution in [0, 0.1) is 17.1 Å². The average molecular weight is 247 g/mol. The Morgan fingerprint density at radius 2 is 2.12 bits per heavy atom. The Labute approximate surface area is 100 Å². The van der Waals surface area contributed by atoms with E-state index in [1.54, 1.807) is 23.6 Å². The minimum absolute atomic E-state index is 0.136. The number of rotatable bonds is 2. The zero-order chi connectivity index (χ0) is 12.3. The van der Waals surface area contributed by atoms with Gasteiger partial charge in [0.25, 0.3) is 0 Å². The second-order valence-electron chi connectivity index (χ2n) is 3.11. The summed E-state index contributed by atoms with van der Waals surface area (Å²) in [7, 11) is 0. The molecule has 1 heterocycles. The number of aromatic nitrogens is 1. The molecule has 2 aromatic rings. The summed E-state index contributed by atoms with van der Waals surface area (Å²) in [4.78, 5) is 4.13. The molecule has 0 unspecified atom stereocenters. The third-order valence-corrected chi connectivity index (χ3v) is 2.90. The first-order chi connectivity index (χ1) is 8.24. The quantitative estimate of drug-likeness (QED) is 0.504. The van der Waals surface area contributed by atoms with Crippen molar-refractivity contribution in [3.8, 4) is 17.3 Å². The zero-order valence-electron chi connectivity index (χ0n) is 8.46. The van der Waals surface area contributed by atoms with Crippen LogP contribution in [0.4, 0.5) is 4.39 Å². The fourth-order valence-corrected chi connectivity index (χ4v) is 2.01. The van der Waals surface area contributed by atoms with Crippen LogP contribution in [0.5, 0.6) is 0 Å². The van der Waals surface area contributed by atoms with Gasteiger partial charge in [0, 0.05) is 10.9 Å². The van der Waals surface area contributed by atoms with E-state index in [1.807, 2.05) is 0 Å². The number of nitriles is 1. The molecular formula is C11H6FN3OS. The van der Waals surface area contributed by atoms with Crippen molar-refractivity contribution in [3.05, 3.63) is 40.5 Å². The molecule has 0 aliphatic carbocycles. The number of halogens is 1. The average Bonchev–Trinajstić information content (AvgIpc) is 2.81. The second kappa shape index (κ2) is 4.72. The van der Waals surface area contributed by atoms with Gasteiger partial charge in [-0.25, -0.2) is 9.37 Å². The van der Waals surface area contributed by atoms with Crippen molar-refractivity contribution >= 4 is 17.0 Å². The van der Waals surface area contributed by atoms with Gasteiger partial charge in [-0.3, -0.25) is 0 Å². The molecule has 17 heavy (non-hydrogen) atoms. The lowest BCUT2D eigenvalue weighted by atomic mass is 10.2. The Morgan fingerprint density at radius 3 is 2.71 bits per heavy atom. The third kappa shape index (κ3) is 2.29. The van der Waals surface area contributed by atoms with E-state index in [-0.39, 0.29) is 11.5 Å². The summed E-state index contributed by atoms with van der Waals surface area (Å²) in [5, 5.41) is 22.1. The molecule has 0 aliphatic rings. The molecule has 0 amide bonds. The van der Waals surface area contributed by atoms with Crippen LogP contribution in [-0.4, -0.2) is 15.9 Å². The van der Waals surface area contributed by atoms with Crippen LogP contribution in [0.25, 0.3) is 11.3 Å². The van der Waals surface area contributed by atoms with E-state index in [4.69, 9.17) is 10.5 Å². The summed E-state index contributed by atoms with van der Waals surface area (Å²) in [6, 6.07) is 7.58. The molecule has 0 spiro atoms. The van der Waals surface area contributed by atoms with Gasteiger partial charge in [0.05, 0.1) is 5.69 Å². The van der Waals surface area contributed by atoms with Crippen LogP contribution in [0.15, 0.2) is 34.8 Å². The van der Waals surface area contributed by atoms with E-state index in [2.05, 4.69) is 10.1 Å². The van der Waals surface area contributed by atoms with Crippen molar-refractivity contribution < 1.29 is 9.60 Å². The molecule has 2 rings (SSSR count). The van der Waals surface area contributed by atoms with Crippen molar-refractivity contribution in [2.45, 2.75) is 0 Å². The SMILES string of the molecule is N#CC(=NO)c1nc(-c2ccc(F)cc2)cs1. The maximum Gasteiger partial charge on any atom is 0.215 e. The lowest BCUT2D eigenvalue weighted by Crippen LogP contribution is -1.95. The van der Waals surface area contributed by atoms with Crippen LogP contribution in [0.3, 0.4) is 0 Å². The van der Waals surface area contributed by atoms with Gasteiger partial charge < -0.3 is 5.21 Å². The van der Waals surface area contributed by atoms with Gasteiger partial charge in [-0.2, -0.15) is 5.26 Å². The minimum atomic E-state index is -0.321. The third-order valence-electron chi connectivity index (χ3n) is 2.05. The maximum atomic E-state index is 12.7. The van der Waals surface area contributed by atoms with Gasteiger partial charge in [-0.1, -0.05) is 5.16 Å². The van der Waals surface area contributed by atoms with Crippen molar-refractivity contribution in [2.75, 3.05) is 0 Å². The van der Waals surface area contributed by atoms with Gasteiger partial charge in [0.2, 0.25) is 5.71 Å². The van der Waals surface area contributed by atoms with E-state index in [0.29, 0.717) is 10.7 Å². The fourth-order valence-electron chi connectivity index (χ4n) is 1.25. The number of nitrogens with zero attached hydrogens (tertiary/aromatic N) is 3. The Hall–Kier alpha value is -2.26. The van der Waals surface area contributed by atoms with Crippen LogP contribution >= 0.6 is 11.3 Å². The van der Waals surface area contributed by atoms with Crippen LogP contribution < -0.4 is 0 Å². The van der Waals surface area contributed by atoms with Gasteiger partial charge in [0.1, 0.15) is 11.9 Å². The van der Waals surface area contributed by atoms with E-state index in [9.17, 15) is 4.39 Å². The molecule has 0 fully saturated rings. The van der Waals surface area contributed by atoms with E-state index in [1.165, 1.54) is 23.5 Å². The molecule has 0 saturated heterocycles. The molecule has 0 bridgehead atoms. The normalized spacial score (nSPS) is 11.2. The zero-order valence-corrected chi connectivity index (χ0v) is 9.28. The fraction of sp³-hybridized carbons (Fsp3) is 0. The predicted molar refractivity (Wildman–Crippen MR) is 61.4 cm³/mol. The lowest BCUT2D eigenvalue weighted by Gasteiger charge is -1.95. The van der Waals surface area contributed by atoms with Gasteiger partial charge in [-0.15, -0.1) is 11.3 Å². The van der Waals surface area contributed by atoms with Gasteiger partial charge in [0.15, 0.2) is 5.01 Å². The molecule has 6 heteroatoms. The number of hydrogen-bond donors (Lipinski definition) is 1. The number of benzene rings is 1. The highest BCUT2D eigenvalue weighted by Crippen LogP contribution is 2.22. The van der Waals surface area contributed by atoms with E-state index >= 15 is 0 Å².